The standard InChI is InChI=1S/C11H24OSi/c1-5-6-7-8-9-10-11-12-13(2,3)4/h10-11H,5-9H2,1-4H3. The van der Waals surface area contributed by atoms with Crippen molar-refractivity contribution >= 4 is 8.32 Å². The minimum atomic E-state index is -1.32. The second-order valence-electron chi connectivity index (χ2n) is 4.45. The van der Waals surface area contributed by atoms with Crippen molar-refractivity contribution in [3.63, 3.8) is 0 Å². The fourth-order valence-corrected chi connectivity index (χ4v) is 1.51. The number of hydrogen-bond acceptors (Lipinski definition) is 1. The molecular formula is C11H24OSi. The molecule has 0 saturated heterocycles. The Kier molecular flexibility index (Phi) is 7.05. The fourth-order valence-electron chi connectivity index (χ4n) is 1.01. The Bertz CT molecular complexity index is 136. The van der Waals surface area contributed by atoms with E-state index in [0.717, 1.165) is 0 Å². The van der Waals surface area contributed by atoms with E-state index in [-0.39, 0.29) is 0 Å². The van der Waals surface area contributed by atoms with E-state index in [4.69, 9.17) is 4.43 Å². The molecule has 0 fully saturated rings. The van der Waals surface area contributed by atoms with E-state index in [9.17, 15) is 0 Å². The van der Waals surface area contributed by atoms with Crippen molar-refractivity contribution in [2.75, 3.05) is 0 Å². The Morgan fingerprint density at radius 1 is 1.08 bits per heavy atom. The second-order valence-corrected chi connectivity index (χ2v) is 8.91. The highest BCUT2D eigenvalue weighted by atomic mass is 28.4. The van der Waals surface area contributed by atoms with E-state index < -0.39 is 8.32 Å². The molecule has 0 aliphatic rings. The molecule has 0 aromatic heterocycles. The summed E-state index contributed by atoms with van der Waals surface area (Å²) in [6.45, 7) is 8.85. The monoisotopic (exact) mass is 200 g/mol. The van der Waals surface area contributed by atoms with Gasteiger partial charge in [-0.05, 0) is 32.5 Å². The van der Waals surface area contributed by atoms with Crippen LogP contribution in [0.3, 0.4) is 0 Å². The summed E-state index contributed by atoms with van der Waals surface area (Å²) in [4.78, 5) is 0. The molecule has 0 bridgehead atoms. The number of rotatable bonds is 7. The minimum Gasteiger partial charge on any atom is -0.550 e. The van der Waals surface area contributed by atoms with Crippen LogP contribution < -0.4 is 0 Å². The Morgan fingerprint density at radius 3 is 2.31 bits per heavy atom. The molecule has 0 N–H and O–H groups in total. The fraction of sp³-hybridized carbons (Fsp3) is 0.818. The van der Waals surface area contributed by atoms with Crippen LogP contribution in [-0.2, 0) is 4.43 Å². The first-order valence-corrected chi connectivity index (χ1v) is 8.80. The SMILES string of the molecule is CCCCCCC=CO[Si](C)(C)C. The van der Waals surface area contributed by atoms with Gasteiger partial charge in [-0.15, -0.1) is 0 Å². The second kappa shape index (κ2) is 7.19. The van der Waals surface area contributed by atoms with E-state index in [0.29, 0.717) is 0 Å². The van der Waals surface area contributed by atoms with Crippen molar-refractivity contribution in [1.29, 1.82) is 0 Å². The number of hydrogen-bond donors (Lipinski definition) is 0. The smallest absolute Gasteiger partial charge is 0.241 e. The first-order valence-electron chi connectivity index (χ1n) is 5.39. The van der Waals surface area contributed by atoms with Gasteiger partial charge in [0.2, 0.25) is 8.32 Å². The van der Waals surface area contributed by atoms with Crippen LogP contribution in [0.5, 0.6) is 0 Å². The minimum absolute atomic E-state index is 1.17. The van der Waals surface area contributed by atoms with Crippen molar-refractivity contribution in [3.05, 3.63) is 12.3 Å². The van der Waals surface area contributed by atoms with Gasteiger partial charge in [-0.2, -0.15) is 0 Å². The molecule has 0 unspecified atom stereocenters. The highest BCUT2D eigenvalue weighted by molar-refractivity contribution is 6.69. The van der Waals surface area contributed by atoms with Crippen molar-refractivity contribution in [2.45, 2.75) is 58.7 Å². The highest BCUT2D eigenvalue weighted by Gasteiger charge is 2.12. The third kappa shape index (κ3) is 11.8. The Labute approximate surface area is 84.3 Å². The predicted molar refractivity (Wildman–Crippen MR) is 62.3 cm³/mol. The van der Waals surface area contributed by atoms with E-state index in [1.54, 1.807) is 0 Å². The molecule has 1 nitrogen and oxygen atoms in total. The average molecular weight is 200 g/mol. The van der Waals surface area contributed by atoms with Gasteiger partial charge in [0.1, 0.15) is 0 Å². The molecular weight excluding hydrogens is 176 g/mol. The maximum atomic E-state index is 5.59. The quantitative estimate of drug-likeness (QED) is 0.338. The van der Waals surface area contributed by atoms with Crippen LogP contribution in [0.1, 0.15) is 39.0 Å². The van der Waals surface area contributed by atoms with E-state index >= 15 is 0 Å². The van der Waals surface area contributed by atoms with Gasteiger partial charge in [0.05, 0.1) is 6.26 Å². The zero-order chi connectivity index (χ0) is 10.2. The zero-order valence-corrected chi connectivity index (χ0v) is 10.6. The third-order valence-electron chi connectivity index (χ3n) is 1.74. The topological polar surface area (TPSA) is 9.23 Å². The van der Waals surface area contributed by atoms with Crippen molar-refractivity contribution in [1.82, 2.24) is 0 Å². The summed E-state index contributed by atoms with van der Waals surface area (Å²) in [6, 6.07) is 0. The lowest BCUT2D eigenvalue weighted by Crippen LogP contribution is -2.21. The van der Waals surface area contributed by atoms with Crippen molar-refractivity contribution in [3.8, 4) is 0 Å². The van der Waals surface area contributed by atoms with Gasteiger partial charge in [-0.25, -0.2) is 0 Å². The highest BCUT2D eigenvalue weighted by Crippen LogP contribution is 2.05. The molecule has 0 saturated carbocycles. The summed E-state index contributed by atoms with van der Waals surface area (Å²) in [5, 5.41) is 0. The first-order chi connectivity index (χ1) is 6.06. The van der Waals surface area contributed by atoms with Crippen LogP contribution in [0.4, 0.5) is 0 Å². The van der Waals surface area contributed by atoms with E-state index in [2.05, 4.69) is 32.6 Å². The molecule has 0 radical (unpaired) electrons. The van der Waals surface area contributed by atoms with Gasteiger partial charge in [-0.1, -0.05) is 32.3 Å². The first kappa shape index (κ1) is 12.8. The molecule has 2 heteroatoms. The maximum absolute atomic E-state index is 5.59. The van der Waals surface area contributed by atoms with Crippen molar-refractivity contribution < 1.29 is 4.43 Å². The molecule has 78 valence electrons. The van der Waals surface area contributed by atoms with Gasteiger partial charge < -0.3 is 4.43 Å². The maximum Gasteiger partial charge on any atom is 0.241 e. The molecule has 13 heavy (non-hydrogen) atoms. The van der Waals surface area contributed by atoms with Crippen molar-refractivity contribution in [2.24, 2.45) is 0 Å². The van der Waals surface area contributed by atoms with Crippen LogP contribution in [0.2, 0.25) is 19.6 Å². The van der Waals surface area contributed by atoms with Gasteiger partial charge in [0.25, 0.3) is 0 Å². The average Bonchev–Trinajstić information content (AvgIpc) is 2.01. The Balaban J connectivity index is 3.22. The molecule has 0 aromatic carbocycles. The van der Waals surface area contributed by atoms with Gasteiger partial charge >= 0.3 is 0 Å². The molecule has 0 aliphatic heterocycles. The van der Waals surface area contributed by atoms with Crippen LogP contribution in [0.25, 0.3) is 0 Å². The lowest BCUT2D eigenvalue weighted by atomic mass is 10.2. The van der Waals surface area contributed by atoms with Crippen LogP contribution in [-0.4, -0.2) is 8.32 Å². The zero-order valence-electron chi connectivity index (χ0n) is 9.60. The van der Waals surface area contributed by atoms with E-state index in [1.807, 2.05) is 6.26 Å². The molecule has 0 aliphatic carbocycles. The summed E-state index contributed by atoms with van der Waals surface area (Å²) in [6.07, 6.45) is 10.6. The van der Waals surface area contributed by atoms with Gasteiger partial charge in [0, 0.05) is 0 Å². The predicted octanol–water partition coefficient (Wildman–Crippen LogP) is 4.32. The van der Waals surface area contributed by atoms with Crippen LogP contribution in [0.15, 0.2) is 12.3 Å². The molecule has 0 amide bonds. The largest absolute Gasteiger partial charge is 0.550 e. The third-order valence-corrected chi connectivity index (χ3v) is 2.59. The summed E-state index contributed by atoms with van der Waals surface area (Å²) < 4.78 is 5.59. The van der Waals surface area contributed by atoms with Gasteiger partial charge in [-0.3, -0.25) is 0 Å². The van der Waals surface area contributed by atoms with Gasteiger partial charge in [0.15, 0.2) is 0 Å². The number of allylic oxidation sites excluding steroid dienone is 1. The van der Waals surface area contributed by atoms with Crippen LogP contribution >= 0.6 is 0 Å². The number of unbranched alkanes of at least 4 members (excludes halogenated alkanes) is 4. The Morgan fingerprint density at radius 2 is 1.77 bits per heavy atom. The molecule has 0 heterocycles. The van der Waals surface area contributed by atoms with Crippen LogP contribution in [0, 0.1) is 0 Å². The summed E-state index contributed by atoms with van der Waals surface area (Å²) in [5.41, 5.74) is 0. The summed E-state index contributed by atoms with van der Waals surface area (Å²) in [7, 11) is -1.32. The molecule has 0 aromatic rings. The van der Waals surface area contributed by atoms with E-state index in [1.165, 1.54) is 32.1 Å². The lowest BCUT2D eigenvalue weighted by molar-refractivity contribution is 0.476. The molecule has 0 atom stereocenters. The lowest BCUT2D eigenvalue weighted by Gasteiger charge is -2.14. The molecule has 0 rings (SSSR count). The molecule has 0 spiro atoms. The Hall–Kier alpha value is -0.243. The summed E-state index contributed by atoms with van der Waals surface area (Å²) in [5.74, 6) is 0. The summed E-state index contributed by atoms with van der Waals surface area (Å²) >= 11 is 0. The normalized spacial score (nSPS) is 12.3.